The van der Waals surface area contributed by atoms with E-state index >= 15 is 0 Å². The lowest BCUT2D eigenvalue weighted by Crippen LogP contribution is -2.43. The fourth-order valence-electron chi connectivity index (χ4n) is 4.72. The number of nitrogens with zero attached hydrogens (tertiary/aromatic N) is 4. The Balaban J connectivity index is 1.62. The minimum atomic E-state index is -0.910. The maximum atomic E-state index is 15.0. The Morgan fingerprint density at radius 1 is 1.07 bits per heavy atom. The Labute approximate surface area is 261 Å². The number of aromatic nitrogens is 2. The second-order valence-electron chi connectivity index (χ2n) is 10.3. The highest BCUT2D eigenvalue weighted by Gasteiger charge is 2.34. The van der Waals surface area contributed by atoms with Crippen molar-refractivity contribution >= 4 is 57.7 Å². The van der Waals surface area contributed by atoms with Gasteiger partial charge in [0.05, 0.1) is 12.2 Å². The van der Waals surface area contributed by atoms with Crippen molar-refractivity contribution in [3.8, 4) is 11.3 Å². The van der Waals surface area contributed by atoms with Crippen molar-refractivity contribution in [2.45, 2.75) is 17.9 Å². The summed E-state index contributed by atoms with van der Waals surface area (Å²) >= 11 is 2.27. The fourth-order valence-corrected chi connectivity index (χ4v) is 5.19. The van der Waals surface area contributed by atoms with Crippen LogP contribution in [0.25, 0.3) is 11.3 Å². The van der Waals surface area contributed by atoms with Crippen LogP contribution in [-0.2, 0) is 11.0 Å². The Hall–Kier alpha value is -4.17. The third kappa shape index (κ3) is 6.59. The molecule has 0 radical (unpaired) electrons. The van der Waals surface area contributed by atoms with Crippen molar-refractivity contribution < 1.29 is 18.4 Å². The first kappa shape index (κ1) is 30.3. The van der Waals surface area contributed by atoms with Gasteiger partial charge in [0.15, 0.2) is 5.82 Å². The van der Waals surface area contributed by atoms with Crippen molar-refractivity contribution in [1.29, 1.82) is 0 Å². The second-order valence-corrected chi connectivity index (χ2v) is 11.1. The number of carbonyl (C=O) groups is 2. The van der Waals surface area contributed by atoms with E-state index < -0.39 is 23.4 Å². The number of para-hydroxylation sites is 1. The highest BCUT2D eigenvalue weighted by molar-refractivity contribution is 14.1. The third-order valence-electron chi connectivity index (χ3n) is 6.91. The van der Waals surface area contributed by atoms with Gasteiger partial charge in [0.1, 0.15) is 17.3 Å². The molecule has 3 N–H and O–H groups in total. The summed E-state index contributed by atoms with van der Waals surface area (Å²) in [5.74, 6) is -1.90. The number of anilines is 4. The summed E-state index contributed by atoms with van der Waals surface area (Å²) in [4.78, 5) is 38.6. The molecule has 0 saturated carbocycles. The van der Waals surface area contributed by atoms with Gasteiger partial charge in [0.2, 0.25) is 5.95 Å². The normalized spacial score (nSPS) is 12.6. The molecule has 1 aliphatic heterocycles. The molecule has 9 nitrogen and oxygen atoms in total. The molecule has 0 fully saturated rings. The number of benzene rings is 3. The lowest BCUT2D eigenvalue weighted by molar-refractivity contribution is 0.102. The number of likely N-dealkylation sites (N-methyl/N-ethyl adjacent to an activating group) is 1. The number of urea groups is 1. The van der Waals surface area contributed by atoms with E-state index in [0.29, 0.717) is 41.2 Å². The summed E-state index contributed by atoms with van der Waals surface area (Å²) in [6, 6.07) is 15.6. The first-order valence-corrected chi connectivity index (χ1v) is 15.1. The van der Waals surface area contributed by atoms with E-state index in [4.69, 9.17) is 4.98 Å². The van der Waals surface area contributed by atoms with E-state index in [1.807, 2.05) is 56.3 Å². The number of nitrogens with one attached hydrogen (secondary N) is 3. The number of halogens is 3. The van der Waals surface area contributed by atoms with Gasteiger partial charge in [-0.25, -0.2) is 23.5 Å². The van der Waals surface area contributed by atoms with Crippen molar-refractivity contribution in [3.63, 3.8) is 0 Å². The molecule has 4 aromatic rings. The molecule has 0 unspecified atom stereocenters. The number of amides is 3. The van der Waals surface area contributed by atoms with Crippen LogP contribution in [0.15, 0.2) is 60.7 Å². The zero-order valence-corrected chi connectivity index (χ0v) is 26.0. The van der Waals surface area contributed by atoms with Crippen LogP contribution in [0.3, 0.4) is 0 Å². The van der Waals surface area contributed by atoms with Crippen molar-refractivity contribution in [2.75, 3.05) is 42.7 Å². The standard InChI is InChI=1S/C31H30F2IN7O2/c1-18-10-11-20(29(42)37-21-7-4-6-19(14-21)16-34)15-22(18)26-23-17-36-31(43)41(27-24(32)8-5-9-25(27)33)28(23)39-30(38-26)35-12-13-40(2)3/h4-11,14-15H,12-13,16-17H2,1-3H3,(H,36,43)(H,37,42)(H,35,38,39). The topological polar surface area (TPSA) is 102 Å². The van der Waals surface area contributed by atoms with Crippen LogP contribution in [0.2, 0.25) is 0 Å². The first-order valence-electron chi connectivity index (χ1n) is 13.5. The second kappa shape index (κ2) is 13.0. The molecule has 0 bridgehead atoms. The van der Waals surface area contributed by atoms with Gasteiger partial charge >= 0.3 is 6.03 Å². The van der Waals surface area contributed by atoms with Gasteiger partial charge in [-0.2, -0.15) is 4.98 Å². The minimum absolute atomic E-state index is 0.0208. The number of alkyl halides is 1. The lowest BCUT2D eigenvalue weighted by Gasteiger charge is -2.31. The largest absolute Gasteiger partial charge is 0.353 e. The summed E-state index contributed by atoms with van der Waals surface area (Å²) in [7, 11) is 3.85. The number of aryl methyl sites for hydroxylation is 1. The monoisotopic (exact) mass is 697 g/mol. The van der Waals surface area contributed by atoms with Gasteiger partial charge in [-0.1, -0.05) is 46.9 Å². The van der Waals surface area contributed by atoms with E-state index in [9.17, 15) is 18.4 Å². The molecule has 0 aliphatic carbocycles. The fraction of sp³-hybridized carbons (Fsp3) is 0.226. The summed E-state index contributed by atoms with van der Waals surface area (Å²) in [5, 5.41) is 8.81. The average molecular weight is 698 g/mol. The zero-order chi connectivity index (χ0) is 30.7. The summed E-state index contributed by atoms with van der Waals surface area (Å²) in [6.45, 7) is 3.04. The van der Waals surface area contributed by atoms with Crippen molar-refractivity contribution in [2.24, 2.45) is 0 Å². The van der Waals surface area contributed by atoms with Gasteiger partial charge in [-0.15, -0.1) is 0 Å². The van der Waals surface area contributed by atoms with Gasteiger partial charge < -0.3 is 20.9 Å². The van der Waals surface area contributed by atoms with Gasteiger partial charge in [0, 0.05) is 39.9 Å². The third-order valence-corrected chi connectivity index (χ3v) is 7.79. The maximum Gasteiger partial charge on any atom is 0.328 e. The molecular formula is C31H30F2IN7O2. The van der Waals surface area contributed by atoms with Gasteiger partial charge in [-0.05, 0) is 68.5 Å². The van der Waals surface area contributed by atoms with Gasteiger partial charge in [0.25, 0.3) is 5.91 Å². The first-order chi connectivity index (χ1) is 20.7. The van der Waals surface area contributed by atoms with E-state index in [-0.39, 0.29) is 24.2 Å². The number of rotatable bonds is 9. The zero-order valence-electron chi connectivity index (χ0n) is 23.8. The van der Waals surface area contributed by atoms with Crippen LogP contribution in [0.5, 0.6) is 0 Å². The van der Waals surface area contributed by atoms with E-state index in [0.717, 1.165) is 32.6 Å². The molecule has 0 saturated heterocycles. The van der Waals surface area contributed by atoms with Crippen LogP contribution >= 0.6 is 22.6 Å². The molecule has 1 aromatic heterocycles. The number of fused-ring (bicyclic) bond motifs is 1. The Kier molecular flexibility index (Phi) is 9.16. The smallest absolute Gasteiger partial charge is 0.328 e. The van der Waals surface area contributed by atoms with Crippen LogP contribution in [0.4, 0.5) is 36.7 Å². The number of hydrogen-bond acceptors (Lipinski definition) is 6. The molecule has 12 heteroatoms. The number of hydrogen-bond donors (Lipinski definition) is 3. The summed E-state index contributed by atoms with van der Waals surface area (Å²) in [6.07, 6.45) is 0. The SMILES string of the molecule is Cc1ccc(C(=O)Nc2cccc(CI)c2)cc1-c1nc(NCCN(C)C)nc2c1CNC(=O)N2c1c(F)cccc1F. The number of carbonyl (C=O) groups excluding carboxylic acids is 2. The minimum Gasteiger partial charge on any atom is -0.353 e. The highest BCUT2D eigenvalue weighted by Crippen LogP contribution is 2.39. The highest BCUT2D eigenvalue weighted by atomic mass is 127. The lowest BCUT2D eigenvalue weighted by atomic mass is 9.97. The molecule has 43 heavy (non-hydrogen) atoms. The Morgan fingerprint density at radius 2 is 1.81 bits per heavy atom. The quantitative estimate of drug-likeness (QED) is 0.141. The van der Waals surface area contributed by atoms with Crippen molar-refractivity contribution in [1.82, 2.24) is 20.2 Å². The molecular weight excluding hydrogens is 667 g/mol. The molecule has 2 heterocycles. The van der Waals surface area contributed by atoms with Crippen LogP contribution < -0.4 is 20.9 Å². The van der Waals surface area contributed by atoms with Crippen molar-refractivity contribution in [3.05, 3.63) is 94.6 Å². The molecule has 3 aromatic carbocycles. The van der Waals surface area contributed by atoms with Gasteiger partial charge in [-0.3, -0.25) is 4.79 Å². The maximum absolute atomic E-state index is 15.0. The molecule has 0 spiro atoms. The Morgan fingerprint density at radius 3 is 2.53 bits per heavy atom. The molecule has 3 amide bonds. The Bertz CT molecular complexity index is 1680. The van der Waals surface area contributed by atoms with Crippen LogP contribution in [-0.4, -0.2) is 54.0 Å². The molecule has 0 atom stereocenters. The predicted octanol–water partition coefficient (Wildman–Crippen LogP) is 6.25. The molecule has 222 valence electrons. The van der Waals surface area contributed by atoms with E-state index in [1.54, 1.807) is 12.1 Å². The average Bonchev–Trinajstić information content (AvgIpc) is 2.98. The summed E-state index contributed by atoms with van der Waals surface area (Å²) < 4.78 is 30.8. The predicted molar refractivity (Wildman–Crippen MR) is 172 cm³/mol. The molecule has 5 rings (SSSR count). The van der Waals surface area contributed by atoms with Crippen LogP contribution in [0, 0.1) is 18.6 Å². The molecule has 1 aliphatic rings. The summed E-state index contributed by atoms with van der Waals surface area (Å²) in [5.41, 5.74) is 3.93. The van der Waals surface area contributed by atoms with Crippen LogP contribution in [0.1, 0.15) is 27.0 Å². The van der Waals surface area contributed by atoms with E-state index in [1.165, 1.54) is 6.07 Å². The van der Waals surface area contributed by atoms with E-state index in [2.05, 4.69) is 43.5 Å².